The number of hydrogen-bond donors (Lipinski definition) is 4. The van der Waals surface area contributed by atoms with E-state index >= 15 is 0 Å². The molecule has 254 valence electrons. The molecular formula is C36H48N8O4+2. The average molecular weight is 657 g/mol. The third-order valence-electron chi connectivity index (χ3n) is 7.80. The molecule has 2 aromatic heterocycles. The first kappa shape index (κ1) is 36.2. The van der Waals surface area contributed by atoms with Crippen LogP contribution in [0, 0.1) is 0 Å². The fourth-order valence-electron chi connectivity index (χ4n) is 5.19. The topological polar surface area (TPSA) is 145 Å². The number of aryl methyl sites for hydroxylation is 2. The van der Waals surface area contributed by atoms with Crippen molar-refractivity contribution < 1.29 is 29.6 Å². The Balaban J connectivity index is 1.12. The minimum Gasteiger partial charge on any atom is -0.395 e. The van der Waals surface area contributed by atoms with Gasteiger partial charge >= 0.3 is 0 Å². The largest absolute Gasteiger partial charge is 0.395 e. The Morgan fingerprint density at radius 2 is 0.688 bits per heavy atom. The normalized spacial score (nSPS) is 11.5. The van der Waals surface area contributed by atoms with Crippen LogP contribution < -0.4 is 18.9 Å². The molecule has 0 radical (unpaired) electrons. The van der Waals surface area contributed by atoms with E-state index in [9.17, 15) is 20.4 Å². The van der Waals surface area contributed by atoms with E-state index in [1.54, 1.807) is 0 Å². The Morgan fingerprint density at radius 1 is 0.396 bits per heavy atom. The maximum atomic E-state index is 9.23. The molecule has 2 aromatic carbocycles. The summed E-state index contributed by atoms with van der Waals surface area (Å²) in [6.07, 6.45) is 12.7. The molecule has 0 bridgehead atoms. The summed E-state index contributed by atoms with van der Waals surface area (Å²) in [6, 6.07) is 23.0. The van der Waals surface area contributed by atoms with Gasteiger partial charge in [0.15, 0.2) is 24.8 Å². The van der Waals surface area contributed by atoms with Crippen molar-refractivity contribution >= 4 is 34.1 Å². The van der Waals surface area contributed by atoms with Crippen LogP contribution in [0.4, 0.5) is 34.1 Å². The first-order valence-electron chi connectivity index (χ1n) is 16.6. The molecule has 4 rings (SSSR count). The third kappa shape index (κ3) is 12.2. The lowest BCUT2D eigenvalue weighted by atomic mass is 10.2. The number of rotatable bonds is 21. The molecule has 12 nitrogen and oxygen atoms in total. The molecule has 12 heteroatoms. The summed E-state index contributed by atoms with van der Waals surface area (Å²) in [5.41, 5.74) is 4.91. The van der Waals surface area contributed by atoms with Gasteiger partial charge in [0, 0.05) is 74.7 Å². The van der Waals surface area contributed by atoms with Crippen LogP contribution in [-0.4, -0.2) is 73.0 Å². The Morgan fingerprint density at radius 3 is 0.979 bits per heavy atom. The van der Waals surface area contributed by atoms with Crippen LogP contribution in [0.15, 0.2) is 118 Å². The molecule has 0 aliphatic carbocycles. The number of azo groups is 2. The molecule has 0 aliphatic heterocycles. The van der Waals surface area contributed by atoms with Crippen molar-refractivity contribution in [3.05, 3.63) is 97.6 Å². The first-order chi connectivity index (χ1) is 23.6. The van der Waals surface area contributed by atoms with E-state index in [4.69, 9.17) is 0 Å². The van der Waals surface area contributed by atoms with E-state index in [1.165, 1.54) is 0 Å². The van der Waals surface area contributed by atoms with Crippen LogP contribution >= 0.6 is 0 Å². The molecule has 4 N–H and O–H groups in total. The minimum atomic E-state index is 0.0282. The van der Waals surface area contributed by atoms with Gasteiger partial charge in [-0.15, -0.1) is 0 Å². The molecule has 0 saturated heterocycles. The second-order valence-electron chi connectivity index (χ2n) is 11.3. The fourth-order valence-corrected chi connectivity index (χ4v) is 5.19. The summed E-state index contributed by atoms with van der Waals surface area (Å²) < 4.78 is 4.34. The Kier molecular flexibility index (Phi) is 15.5. The van der Waals surface area contributed by atoms with Crippen molar-refractivity contribution in [2.24, 2.45) is 20.5 Å². The van der Waals surface area contributed by atoms with Gasteiger partial charge < -0.3 is 30.2 Å². The second-order valence-corrected chi connectivity index (χ2v) is 11.3. The molecule has 4 aromatic rings. The molecule has 0 aliphatic rings. The molecule has 48 heavy (non-hydrogen) atoms. The summed E-state index contributed by atoms with van der Waals surface area (Å²) >= 11 is 0. The van der Waals surface area contributed by atoms with Gasteiger partial charge in [-0.2, -0.15) is 20.5 Å². The lowest BCUT2D eigenvalue weighted by Crippen LogP contribution is -2.33. The summed E-state index contributed by atoms with van der Waals surface area (Å²) in [4.78, 5) is 3.84. The van der Waals surface area contributed by atoms with Crippen molar-refractivity contribution in [1.82, 2.24) is 0 Å². The zero-order valence-electron chi connectivity index (χ0n) is 27.5. The number of hydrogen-bond acceptors (Lipinski definition) is 10. The van der Waals surface area contributed by atoms with Gasteiger partial charge in [-0.05, 0) is 61.4 Å². The van der Waals surface area contributed by atoms with Crippen LogP contribution in [0.2, 0.25) is 0 Å². The molecule has 0 unspecified atom stereocenters. The number of benzene rings is 2. The highest BCUT2D eigenvalue weighted by molar-refractivity contribution is 5.54. The van der Waals surface area contributed by atoms with Crippen molar-refractivity contribution in [3.63, 3.8) is 0 Å². The van der Waals surface area contributed by atoms with Crippen LogP contribution in [-0.2, 0) is 13.1 Å². The van der Waals surface area contributed by atoms with E-state index < -0.39 is 0 Å². The zero-order chi connectivity index (χ0) is 33.8. The summed E-state index contributed by atoms with van der Waals surface area (Å²) in [5, 5.41) is 54.3. The predicted molar refractivity (Wildman–Crippen MR) is 186 cm³/mol. The SMILES string of the molecule is OCCN(CCO)c1ccc(/N=N/c2cc[n+](CCCCCC[n+]3ccc(/N=N/c4ccc(N(CCO)CCO)cc4)cc3)cc2)cc1. The number of nitrogens with zero attached hydrogens (tertiary/aromatic N) is 8. The minimum absolute atomic E-state index is 0.0282. The van der Waals surface area contributed by atoms with E-state index in [0.717, 1.165) is 72.9 Å². The monoisotopic (exact) mass is 656 g/mol. The Labute approximate surface area is 282 Å². The van der Waals surface area contributed by atoms with Gasteiger partial charge in [0.1, 0.15) is 13.1 Å². The predicted octanol–water partition coefficient (Wildman–Crippen LogP) is 4.94. The number of aliphatic hydroxyl groups is 4. The smallest absolute Gasteiger partial charge is 0.171 e. The molecular weight excluding hydrogens is 608 g/mol. The standard InChI is InChI=1S/C36H48N8O4/c45-27-23-43(24-28-46)35-9-5-31(6-10-35)37-39-33-13-19-41(20-14-33)17-3-1-2-4-18-42-21-15-34(16-22-42)40-38-32-7-11-36(12-8-32)44(25-29-47)26-30-48/h5-16,19-22,45-48H,1-4,17-18,23-30H2/q+2. The van der Waals surface area contributed by atoms with Gasteiger partial charge in [-0.1, -0.05) is 0 Å². The number of anilines is 2. The summed E-state index contributed by atoms with van der Waals surface area (Å²) in [6.45, 7) is 3.89. The van der Waals surface area contributed by atoms with Crippen LogP contribution in [0.5, 0.6) is 0 Å². The molecule has 0 fully saturated rings. The van der Waals surface area contributed by atoms with Crippen molar-refractivity contribution in [2.75, 3.05) is 62.4 Å². The lowest BCUT2D eigenvalue weighted by molar-refractivity contribution is -0.698. The van der Waals surface area contributed by atoms with Gasteiger partial charge in [0.05, 0.1) is 49.2 Å². The van der Waals surface area contributed by atoms with Gasteiger partial charge in [-0.3, -0.25) is 0 Å². The van der Waals surface area contributed by atoms with Crippen LogP contribution in [0.3, 0.4) is 0 Å². The van der Waals surface area contributed by atoms with Gasteiger partial charge in [0.2, 0.25) is 0 Å². The fraction of sp³-hybridized carbons (Fsp3) is 0.389. The maximum Gasteiger partial charge on any atom is 0.171 e. The van der Waals surface area contributed by atoms with Crippen molar-refractivity contribution in [2.45, 2.75) is 38.8 Å². The van der Waals surface area contributed by atoms with Gasteiger partial charge in [-0.25, -0.2) is 9.13 Å². The zero-order valence-corrected chi connectivity index (χ0v) is 27.5. The van der Waals surface area contributed by atoms with Crippen molar-refractivity contribution in [1.29, 1.82) is 0 Å². The Hall–Kier alpha value is -4.62. The molecule has 2 heterocycles. The Bertz CT molecular complexity index is 1390. The third-order valence-corrected chi connectivity index (χ3v) is 7.80. The number of aromatic nitrogens is 2. The van der Waals surface area contributed by atoms with E-state index in [0.29, 0.717) is 26.2 Å². The summed E-state index contributed by atoms with van der Waals surface area (Å²) in [7, 11) is 0. The van der Waals surface area contributed by atoms with E-state index in [1.807, 2.05) is 107 Å². The number of unbranched alkanes of at least 4 members (excludes halogenated alkanes) is 3. The highest BCUT2D eigenvalue weighted by atomic mass is 16.3. The average Bonchev–Trinajstić information content (AvgIpc) is 3.12. The van der Waals surface area contributed by atoms with Gasteiger partial charge in [0.25, 0.3) is 0 Å². The highest BCUT2D eigenvalue weighted by Gasteiger charge is 2.07. The highest BCUT2D eigenvalue weighted by Crippen LogP contribution is 2.23. The summed E-state index contributed by atoms with van der Waals surface area (Å²) in [5.74, 6) is 0. The van der Waals surface area contributed by atoms with Crippen LogP contribution in [0.1, 0.15) is 25.7 Å². The van der Waals surface area contributed by atoms with E-state index in [2.05, 4.69) is 29.6 Å². The quantitative estimate of drug-likeness (QED) is 0.0569. The van der Waals surface area contributed by atoms with E-state index in [-0.39, 0.29) is 26.4 Å². The number of aliphatic hydroxyl groups excluding tert-OH is 4. The molecule has 0 saturated carbocycles. The molecule has 0 atom stereocenters. The number of pyridine rings is 2. The first-order valence-corrected chi connectivity index (χ1v) is 16.6. The molecule has 0 amide bonds. The second kappa shape index (κ2) is 20.6. The maximum absolute atomic E-state index is 9.23. The molecule has 0 spiro atoms. The van der Waals surface area contributed by atoms with Crippen molar-refractivity contribution in [3.8, 4) is 0 Å². The van der Waals surface area contributed by atoms with Crippen LogP contribution in [0.25, 0.3) is 0 Å². The lowest BCUT2D eigenvalue weighted by Gasteiger charge is -2.22.